The van der Waals surface area contributed by atoms with Crippen LogP contribution in [0.25, 0.3) is 0 Å². The Morgan fingerprint density at radius 2 is 2.40 bits per heavy atom. The Labute approximate surface area is 101 Å². The van der Waals surface area contributed by atoms with Crippen molar-refractivity contribution in [3.8, 4) is 0 Å². The molecule has 7 heteroatoms. The first-order valence-corrected chi connectivity index (χ1v) is 5.86. The van der Waals surface area contributed by atoms with Crippen molar-refractivity contribution < 1.29 is 4.92 Å². The maximum absolute atomic E-state index is 10.7. The van der Waals surface area contributed by atoms with E-state index in [1.165, 1.54) is 24.0 Å². The molecule has 4 nitrogen and oxygen atoms in total. The van der Waals surface area contributed by atoms with Gasteiger partial charge in [0.2, 0.25) is 0 Å². The third-order valence-corrected chi connectivity index (χ3v) is 3.49. The zero-order chi connectivity index (χ0) is 11.4. The molecule has 15 heavy (non-hydrogen) atoms. The predicted molar refractivity (Wildman–Crippen MR) is 61.9 cm³/mol. The molecule has 1 heterocycles. The molecular weight excluding hydrogens is 259 g/mol. The van der Waals surface area contributed by atoms with Gasteiger partial charge in [-0.2, -0.15) is 0 Å². The number of rotatable bonds is 4. The lowest BCUT2D eigenvalue weighted by Crippen LogP contribution is -2.00. The fourth-order valence-electron chi connectivity index (χ4n) is 0.860. The molecule has 1 aromatic heterocycles. The lowest BCUT2D eigenvalue weighted by atomic mass is 10.4. The molecule has 0 aliphatic rings. The van der Waals surface area contributed by atoms with Gasteiger partial charge >= 0.3 is 5.69 Å². The number of hydrogen-bond donors (Lipinski definition) is 0. The molecule has 0 N–H and O–H groups in total. The summed E-state index contributed by atoms with van der Waals surface area (Å²) in [5, 5.41) is 11.4. The van der Waals surface area contributed by atoms with E-state index < -0.39 is 4.92 Å². The van der Waals surface area contributed by atoms with Gasteiger partial charge in [-0.05, 0) is 0 Å². The number of alkyl halides is 1. The highest BCUT2D eigenvalue weighted by Crippen LogP contribution is 2.31. The van der Waals surface area contributed by atoms with Gasteiger partial charge < -0.3 is 0 Å². The van der Waals surface area contributed by atoms with E-state index in [1.54, 1.807) is 0 Å². The molecule has 0 aromatic carbocycles. The summed E-state index contributed by atoms with van der Waals surface area (Å²) in [6.45, 7) is 1.87. The zero-order valence-corrected chi connectivity index (χ0v) is 10.1. The molecule has 1 atom stereocenters. The minimum Gasteiger partial charge on any atom is -0.258 e. The summed E-state index contributed by atoms with van der Waals surface area (Å²) in [5.41, 5.74) is -0.0792. The number of nitro groups is 1. The normalized spacial score (nSPS) is 12.5. The average molecular weight is 267 g/mol. The van der Waals surface area contributed by atoms with Gasteiger partial charge in [-0.1, -0.05) is 30.3 Å². The molecule has 82 valence electrons. The maximum Gasteiger partial charge on any atom is 0.302 e. The Morgan fingerprint density at radius 1 is 1.73 bits per heavy atom. The van der Waals surface area contributed by atoms with Gasteiger partial charge in [0.1, 0.15) is 0 Å². The third kappa shape index (κ3) is 3.52. The third-order valence-electron chi connectivity index (χ3n) is 1.53. The lowest BCUT2D eigenvalue weighted by Gasteiger charge is -2.06. The molecule has 0 amide bonds. The molecule has 1 unspecified atom stereocenters. The van der Waals surface area contributed by atoms with Gasteiger partial charge in [-0.25, -0.2) is 4.98 Å². The van der Waals surface area contributed by atoms with Crippen molar-refractivity contribution in [1.29, 1.82) is 0 Å². The van der Waals surface area contributed by atoms with Crippen molar-refractivity contribution in [3.63, 3.8) is 0 Å². The highest BCUT2D eigenvalue weighted by molar-refractivity contribution is 8.00. The standard InChI is InChI=1S/C8H8Cl2N2O2S/c1-5(3-9)15-8-7(12(13)14)2-6(10)4-11-8/h2,4-5H,3H2,1H3. The first-order chi connectivity index (χ1) is 7.04. The van der Waals surface area contributed by atoms with Crippen LogP contribution < -0.4 is 0 Å². The monoisotopic (exact) mass is 266 g/mol. The van der Waals surface area contributed by atoms with Gasteiger partial charge in [-0.3, -0.25) is 10.1 Å². The zero-order valence-electron chi connectivity index (χ0n) is 7.81. The topological polar surface area (TPSA) is 56.0 Å². The number of nitrogens with zero attached hydrogens (tertiary/aromatic N) is 2. The highest BCUT2D eigenvalue weighted by atomic mass is 35.5. The van der Waals surface area contributed by atoms with Crippen LogP contribution in [-0.2, 0) is 0 Å². The maximum atomic E-state index is 10.7. The molecule has 0 spiro atoms. The fraction of sp³-hybridized carbons (Fsp3) is 0.375. The quantitative estimate of drug-likeness (QED) is 0.363. The van der Waals surface area contributed by atoms with E-state index >= 15 is 0 Å². The smallest absolute Gasteiger partial charge is 0.258 e. The lowest BCUT2D eigenvalue weighted by molar-refractivity contribution is -0.388. The van der Waals surface area contributed by atoms with E-state index in [2.05, 4.69) is 4.98 Å². The summed E-state index contributed by atoms with van der Waals surface area (Å²) >= 11 is 12.5. The van der Waals surface area contributed by atoms with E-state index in [9.17, 15) is 10.1 Å². The number of thioether (sulfide) groups is 1. The Balaban J connectivity index is 3.01. The number of hydrogen-bond acceptors (Lipinski definition) is 4. The second kappa shape index (κ2) is 5.53. The van der Waals surface area contributed by atoms with Crippen LogP contribution in [0.15, 0.2) is 17.3 Å². The number of aromatic nitrogens is 1. The van der Waals surface area contributed by atoms with Crippen LogP contribution in [0, 0.1) is 10.1 Å². The molecule has 0 aliphatic carbocycles. The molecule has 1 aromatic rings. The van der Waals surface area contributed by atoms with Crippen LogP contribution in [0.3, 0.4) is 0 Å². The largest absolute Gasteiger partial charge is 0.302 e. The molecule has 0 bridgehead atoms. The predicted octanol–water partition coefficient (Wildman–Crippen LogP) is 3.36. The van der Waals surface area contributed by atoms with Gasteiger partial charge in [0.25, 0.3) is 0 Å². The van der Waals surface area contributed by atoms with Crippen LogP contribution in [-0.4, -0.2) is 21.0 Å². The summed E-state index contributed by atoms with van der Waals surface area (Å²) in [5.74, 6) is 0.409. The molecule has 0 aliphatic heterocycles. The molecule has 0 saturated heterocycles. The summed E-state index contributed by atoms with van der Waals surface area (Å²) < 4.78 is 0. The summed E-state index contributed by atoms with van der Waals surface area (Å²) in [4.78, 5) is 14.1. The van der Waals surface area contributed by atoms with E-state index in [0.717, 1.165) is 0 Å². The molecule has 0 fully saturated rings. The molecule has 0 radical (unpaired) electrons. The summed E-state index contributed by atoms with van der Waals surface area (Å²) in [6, 6.07) is 1.29. The highest BCUT2D eigenvalue weighted by Gasteiger charge is 2.18. The summed E-state index contributed by atoms with van der Waals surface area (Å²) in [7, 11) is 0. The van der Waals surface area contributed by atoms with Crippen LogP contribution in [0.5, 0.6) is 0 Å². The van der Waals surface area contributed by atoms with Gasteiger partial charge in [0.15, 0.2) is 5.03 Å². The molecular formula is C8H8Cl2N2O2S. The van der Waals surface area contributed by atoms with Crippen molar-refractivity contribution >= 4 is 40.7 Å². The van der Waals surface area contributed by atoms with E-state index in [1.807, 2.05) is 6.92 Å². The second-order valence-electron chi connectivity index (χ2n) is 2.82. The number of pyridine rings is 1. The SMILES string of the molecule is CC(CCl)Sc1ncc(Cl)cc1[N+](=O)[O-]. The van der Waals surface area contributed by atoms with Crippen LogP contribution >= 0.6 is 35.0 Å². The van der Waals surface area contributed by atoms with Crippen molar-refractivity contribution in [2.75, 3.05) is 5.88 Å². The Bertz CT molecular complexity index is 376. The van der Waals surface area contributed by atoms with E-state index in [4.69, 9.17) is 23.2 Å². The Morgan fingerprint density at radius 3 is 2.93 bits per heavy atom. The van der Waals surface area contributed by atoms with Crippen LogP contribution in [0.2, 0.25) is 5.02 Å². The number of halogens is 2. The summed E-state index contributed by atoms with van der Waals surface area (Å²) in [6.07, 6.45) is 1.39. The first kappa shape index (κ1) is 12.5. The van der Waals surface area contributed by atoms with E-state index in [0.29, 0.717) is 10.9 Å². The van der Waals surface area contributed by atoms with Gasteiger partial charge in [0.05, 0.1) is 9.95 Å². The second-order valence-corrected chi connectivity index (χ2v) is 4.99. The Hall–Kier alpha value is -0.520. The van der Waals surface area contributed by atoms with Crippen LogP contribution in [0.1, 0.15) is 6.92 Å². The van der Waals surface area contributed by atoms with Crippen molar-refractivity contribution in [2.24, 2.45) is 0 Å². The van der Waals surface area contributed by atoms with Crippen LogP contribution in [0.4, 0.5) is 5.69 Å². The van der Waals surface area contributed by atoms with Crippen molar-refractivity contribution in [1.82, 2.24) is 4.98 Å². The average Bonchev–Trinajstić information content (AvgIpc) is 2.20. The first-order valence-electron chi connectivity index (χ1n) is 4.07. The van der Waals surface area contributed by atoms with Crippen molar-refractivity contribution in [2.45, 2.75) is 17.2 Å². The Kier molecular flexibility index (Phi) is 4.63. The minimum absolute atomic E-state index is 0.0686. The minimum atomic E-state index is -0.498. The van der Waals surface area contributed by atoms with Crippen molar-refractivity contribution in [3.05, 3.63) is 27.4 Å². The van der Waals surface area contributed by atoms with Gasteiger partial charge in [0, 0.05) is 23.4 Å². The fourth-order valence-corrected chi connectivity index (χ4v) is 2.01. The molecule has 1 rings (SSSR count). The van der Waals surface area contributed by atoms with Gasteiger partial charge in [-0.15, -0.1) is 11.6 Å². The molecule has 0 saturated carbocycles. The van der Waals surface area contributed by atoms with E-state index in [-0.39, 0.29) is 16.0 Å².